The Morgan fingerprint density at radius 3 is 2.62 bits per heavy atom. The molecule has 0 N–H and O–H groups in total. The highest BCUT2D eigenvalue weighted by Crippen LogP contribution is 2.27. The third-order valence-corrected chi connectivity index (χ3v) is 5.53. The van der Waals surface area contributed by atoms with Crippen LogP contribution in [0.3, 0.4) is 0 Å². The van der Waals surface area contributed by atoms with Crippen molar-refractivity contribution in [3.05, 3.63) is 83.2 Å². The molecule has 2 heterocycles. The zero-order chi connectivity index (χ0) is 20.2. The van der Waals surface area contributed by atoms with Crippen LogP contribution in [0.4, 0.5) is 10.1 Å². The highest BCUT2D eigenvalue weighted by Gasteiger charge is 2.16. The topological polar surface area (TPSA) is 51.0 Å². The van der Waals surface area contributed by atoms with Crippen LogP contribution in [0.15, 0.2) is 66.2 Å². The Morgan fingerprint density at radius 2 is 1.90 bits per heavy atom. The smallest absolute Gasteiger partial charge is 0.214 e. The minimum absolute atomic E-state index is 0.277. The highest BCUT2D eigenvalue weighted by atomic mass is 32.1. The maximum Gasteiger partial charge on any atom is 0.214 e. The Balaban J connectivity index is 1.54. The fourth-order valence-electron chi connectivity index (χ4n) is 3.11. The molecule has 0 bridgehead atoms. The number of anilines is 1. The van der Waals surface area contributed by atoms with E-state index in [0.717, 1.165) is 35.5 Å². The van der Waals surface area contributed by atoms with Gasteiger partial charge in [-0.15, -0.1) is 11.3 Å². The molecule has 2 aromatic heterocycles. The summed E-state index contributed by atoms with van der Waals surface area (Å²) in [5.74, 6) is -0.277. The first-order valence-corrected chi connectivity index (χ1v) is 10.1. The van der Waals surface area contributed by atoms with Crippen LogP contribution in [0.25, 0.3) is 16.4 Å². The fraction of sp³-hybridized carbons (Fsp3) is 0.136. The second-order valence-electron chi connectivity index (χ2n) is 6.58. The second kappa shape index (κ2) is 8.36. The lowest BCUT2D eigenvalue weighted by Crippen LogP contribution is -2.24. The lowest BCUT2D eigenvalue weighted by atomic mass is 10.1. The standard InChI is InChI=1S/C22H19FN4OS/c1-16-21(26(15-28)12-11-17-5-3-2-4-6-17)13-24-27(16)22-25-20(14-29-22)18-7-9-19(23)10-8-18/h2-10,13-15H,11-12H2,1H3. The van der Waals surface area contributed by atoms with Crippen LogP contribution in [-0.4, -0.2) is 27.7 Å². The first kappa shape index (κ1) is 19.0. The number of thiazole rings is 1. The molecule has 5 nitrogen and oxygen atoms in total. The molecule has 4 rings (SSSR count). The maximum atomic E-state index is 13.1. The Kier molecular flexibility index (Phi) is 5.48. The zero-order valence-electron chi connectivity index (χ0n) is 15.8. The third kappa shape index (κ3) is 4.09. The van der Waals surface area contributed by atoms with Gasteiger partial charge in [0.2, 0.25) is 11.5 Å². The zero-order valence-corrected chi connectivity index (χ0v) is 16.6. The Bertz CT molecular complexity index is 1110. The van der Waals surface area contributed by atoms with E-state index in [0.29, 0.717) is 11.7 Å². The van der Waals surface area contributed by atoms with Crippen LogP contribution < -0.4 is 4.90 Å². The van der Waals surface area contributed by atoms with Gasteiger partial charge in [0.25, 0.3) is 0 Å². The summed E-state index contributed by atoms with van der Waals surface area (Å²) in [6.45, 7) is 2.49. The molecule has 146 valence electrons. The van der Waals surface area contributed by atoms with Crippen molar-refractivity contribution in [1.82, 2.24) is 14.8 Å². The number of rotatable bonds is 7. The molecule has 0 aliphatic heterocycles. The minimum atomic E-state index is -0.277. The minimum Gasteiger partial charge on any atom is -0.312 e. The molecule has 2 aromatic carbocycles. The summed E-state index contributed by atoms with van der Waals surface area (Å²) in [6, 6.07) is 16.3. The predicted molar refractivity (Wildman–Crippen MR) is 113 cm³/mol. The lowest BCUT2D eigenvalue weighted by Gasteiger charge is -2.16. The Labute approximate surface area is 172 Å². The molecule has 0 saturated carbocycles. The summed E-state index contributed by atoms with van der Waals surface area (Å²) in [4.78, 5) is 18.0. The molecule has 7 heteroatoms. The summed E-state index contributed by atoms with van der Waals surface area (Å²) >= 11 is 1.45. The van der Waals surface area contributed by atoms with Gasteiger partial charge >= 0.3 is 0 Å². The summed E-state index contributed by atoms with van der Waals surface area (Å²) in [5.41, 5.74) is 4.38. The maximum absolute atomic E-state index is 13.1. The van der Waals surface area contributed by atoms with E-state index in [1.54, 1.807) is 27.9 Å². The third-order valence-electron chi connectivity index (χ3n) is 4.72. The van der Waals surface area contributed by atoms with Gasteiger partial charge in [-0.25, -0.2) is 14.1 Å². The van der Waals surface area contributed by atoms with E-state index in [4.69, 9.17) is 0 Å². The first-order valence-electron chi connectivity index (χ1n) is 9.18. The van der Waals surface area contributed by atoms with Crippen molar-refractivity contribution < 1.29 is 9.18 Å². The van der Waals surface area contributed by atoms with Gasteiger partial charge < -0.3 is 4.90 Å². The fourth-order valence-corrected chi connectivity index (χ4v) is 3.96. The molecular weight excluding hydrogens is 387 g/mol. The van der Waals surface area contributed by atoms with E-state index in [-0.39, 0.29) is 5.82 Å². The molecule has 29 heavy (non-hydrogen) atoms. The molecule has 0 saturated heterocycles. The average Bonchev–Trinajstić information content (AvgIpc) is 3.37. The van der Waals surface area contributed by atoms with Gasteiger partial charge in [0.15, 0.2) is 0 Å². The molecule has 0 unspecified atom stereocenters. The van der Waals surface area contributed by atoms with Crippen molar-refractivity contribution >= 4 is 23.4 Å². The van der Waals surface area contributed by atoms with Crippen LogP contribution >= 0.6 is 11.3 Å². The van der Waals surface area contributed by atoms with Crippen molar-refractivity contribution in [3.8, 4) is 16.4 Å². The van der Waals surface area contributed by atoms with E-state index in [1.807, 2.05) is 42.6 Å². The summed E-state index contributed by atoms with van der Waals surface area (Å²) in [5, 5.41) is 7.04. The molecule has 0 aliphatic rings. The van der Waals surface area contributed by atoms with Gasteiger partial charge in [0.1, 0.15) is 5.82 Å². The van der Waals surface area contributed by atoms with E-state index in [2.05, 4.69) is 10.1 Å². The largest absolute Gasteiger partial charge is 0.312 e. The molecule has 1 amide bonds. The van der Waals surface area contributed by atoms with Crippen molar-refractivity contribution in [3.63, 3.8) is 0 Å². The van der Waals surface area contributed by atoms with Gasteiger partial charge in [-0.1, -0.05) is 30.3 Å². The van der Waals surface area contributed by atoms with Crippen molar-refractivity contribution in [2.24, 2.45) is 0 Å². The van der Waals surface area contributed by atoms with E-state index in [9.17, 15) is 9.18 Å². The number of carbonyl (C=O) groups is 1. The van der Waals surface area contributed by atoms with Crippen LogP contribution in [0.2, 0.25) is 0 Å². The summed E-state index contributed by atoms with van der Waals surface area (Å²) in [6.07, 6.45) is 3.28. The molecule has 0 radical (unpaired) electrons. The van der Waals surface area contributed by atoms with Crippen LogP contribution in [0, 0.1) is 12.7 Å². The van der Waals surface area contributed by atoms with Gasteiger partial charge in [0.05, 0.1) is 23.3 Å². The number of nitrogens with zero attached hydrogens (tertiary/aromatic N) is 4. The number of carbonyl (C=O) groups excluding carboxylic acids is 1. The SMILES string of the molecule is Cc1c(N(C=O)CCc2ccccc2)cnn1-c1nc(-c2ccc(F)cc2)cs1. The van der Waals surface area contributed by atoms with Crippen molar-refractivity contribution in [2.45, 2.75) is 13.3 Å². The molecule has 0 atom stereocenters. The van der Waals surface area contributed by atoms with Gasteiger partial charge in [-0.2, -0.15) is 5.10 Å². The van der Waals surface area contributed by atoms with Crippen LogP contribution in [0.1, 0.15) is 11.3 Å². The molecule has 0 aliphatic carbocycles. The van der Waals surface area contributed by atoms with E-state index >= 15 is 0 Å². The summed E-state index contributed by atoms with van der Waals surface area (Å²) in [7, 11) is 0. The van der Waals surface area contributed by atoms with Gasteiger partial charge in [0, 0.05) is 17.5 Å². The predicted octanol–water partition coefficient (Wildman–Crippen LogP) is 4.65. The van der Waals surface area contributed by atoms with Crippen LogP contribution in [-0.2, 0) is 11.2 Å². The monoisotopic (exact) mass is 406 g/mol. The number of hydrogen-bond acceptors (Lipinski definition) is 4. The number of hydrogen-bond donors (Lipinski definition) is 0. The Morgan fingerprint density at radius 1 is 1.14 bits per heavy atom. The number of aromatic nitrogens is 3. The molecule has 0 spiro atoms. The normalized spacial score (nSPS) is 10.8. The quantitative estimate of drug-likeness (QED) is 0.420. The van der Waals surface area contributed by atoms with Crippen molar-refractivity contribution in [2.75, 3.05) is 11.4 Å². The Hall–Kier alpha value is -3.32. The van der Waals surface area contributed by atoms with Gasteiger partial charge in [-0.05, 0) is 43.2 Å². The van der Waals surface area contributed by atoms with E-state index in [1.165, 1.54) is 29.0 Å². The second-order valence-corrected chi connectivity index (χ2v) is 7.42. The van der Waals surface area contributed by atoms with Crippen LogP contribution in [0.5, 0.6) is 0 Å². The first-order chi connectivity index (χ1) is 14.2. The average molecular weight is 406 g/mol. The molecular formula is C22H19FN4OS. The molecule has 4 aromatic rings. The highest BCUT2D eigenvalue weighted by molar-refractivity contribution is 7.12. The summed E-state index contributed by atoms with van der Waals surface area (Å²) < 4.78 is 14.9. The number of halogens is 1. The molecule has 0 fully saturated rings. The van der Waals surface area contributed by atoms with Gasteiger partial charge in [-0.3, -0.25) is 4.79 Å². The number of benzene rings is 2. The van der Waals surface area contributed by atoms with E-state index < -0.39 is 0 Å². The van der Waals surface area contributed by atoms with Crippen molar-refractivity contribution in [1.29, 1.82) is 0 Å². The lowest BCUT2D eigenvalue weighted by molar-refractivity contribution is -0.107. The number of amides is 1.